The zero-order valence-corrected chi connectivity index (χ0v) is 10.6. The quantitative estimate of drug-likeness (QED) is 0.862. The summed E-state index contributed by atoms with van der Waals surface area (Å²) in [5.74, 6) is -0.174. The Kier molecular flexibility index (Phi) is 2.96. The molecule has 16 heavy (non-hydrogen) atoms. The maximum absolute atomic E-state index is 11.5. The van der Waals surface area contributed by atoms with Gasteiger partial charge in [0.15, 0.2) is 0 Å². The van der Waals surface area contributed by atoms with Crippen molar-refractivity contribution in [2.45, 2.75) is 13.8 Å². The number of imidazole rings is 1. The lowest BCUT2D eigenvalue weighted by molar-refractivity contribution is 0.0514. The number of carbonyl (C=O) groups is 1. The number of hydrogen-bond acceptors (Lipinski definition) is 3. The molecule has 2 aromatic rings. The number of rotatable bonds is 2. The van der Waals surface area contributed by atoms with Crippen molar-refractivity contribution in [3.05, 3.63) is 28.0 Å². The van der Waals surface area contributed by atoms with Gasteiger partial charge in [-0.1, -0.05) is 15.9 Å². The molecule has 0 atom stereocenters. The lowest BCUT2D eigenvalue weighted by Crippen LogP contribution is -2.06. The van der Waals surface area contributed by atoms with Crippen LogP contribution in [-0.4, -0.2) is 22.5 Å². The Morgan fingerprint density at radius 2 is 2.31 bits per heavy atom. The van der Waals surface area contributed by atoms with Crippen molar-refractivity contribution in [1.82, 2.24) is 9.97 Å². The Balaban J connectivity index is 2.52. The number of halogens is 1. The van der Waals surface area contributed by atoms with E-state index in [-0.39, 0.29) is 5.82 Å². The highest BCUT2D eigenvalue weighted by molar-refractivity contribution is 9.10. The predicted octanol–water partition coefficient (Wildman–Crippen LogP) is 2.81. The molecule has 0 saturated heterocycles. The van der Waals surface area contributed by atoms with E-state index in [1.807, 2.05) is 19.1 Å². The van der Waals surface area contributed by atoms with Crippen LogP contribution in [0.2, 0.25) is 0 Å². The Morgan fingerprint density at radius 1 is 1.56 bits per heavy atom. The largest absolute Gasteiger partial charge is 0.460 e. The zero-order chi connectivity index (χ0) is 11.7. The maximum atomic E-state index is 11.5. The molecule has 1 aromatic heterocycles. The maximum Gasteiger partial charge on any atom is 0.374 e. The van der Waals surface area contributed by atoms with E-state index >= 15 is 0 Å². The van der Waals surface area contributed by atoms with E-state index < -0.39 is 5.97 Å². The van der Waals surface area contributed by atoms with Crippen LogP contribution in [0, 0.1) is 6.92 Å². The Morgan fingerprint density at radius 3 is 3.00 bits per heavy atom. The van der Waals surface area contributed by atoms with E-state index in [4.69, 9.17) is 4.74 Å². The van der Waals surface area contributed by atoms with Gasteiger partial charge >= 0.3 is 5.97 Å². The van der Waals surface area contributed by atoms with Crippen LogP contribution in [0.5, 0.6) is 0 Å². The Labute approximate surface area is 101 Å². The summed E-state index contributed by atoms with van der Waals surface area (Å²) in [5, 5.41) is 0. The number of ether oxygens (including phenoxy) is 1. The summed E-state index contributed by atoms with van der Waals surface area (Å²) in [5.41, 5.74) is 2.63. The predicted molar refractivity (Wildman–Crippen MR) is 64.5 cm³/mol. The van der Waals surface area contributed by atoms with Gasteiger partial charge in [0, 0.05) is 4.47 Å². The molecule has 0 amide bonds. The van der Waals surface area contributed by atoms with Crippen molar-refractivity contribution >= 4 is 32.9 Å². The zero-order valence-electron chi connectivity index (χ0n) is 9.00. The van der Waals surface area contributed by atoms with Crippen molar-refractivity contribution in [2.24, 2.45) is 0 Å². The monoisotopic (exact) mass is 282 g/mol. The Hall–Kier alpha value is -1.36. The number of fused-ring (bicyclic) bond motifs is 1. The molecule has 0 radical (unpaired) electrons. The van der Waals surface area contributed by atoms with Gasteiger partial charge < -0.3 is 9.72 Å². The fourth-order valence-electron chi connectivity index (χ4n) is 1.48. The van der Waals surface area contributed by atoms with E-state index in [9.17, 15) is 4.79 Å². The smallest absolute Gasteiger partial charge is 0.374 e. The second kappa shape index (κ2) is 4.25. The molecule has 0 spiro atoms. The number of esters is 1. The summed E-state index contributed by atoms with van der Waals surface area (Å²) in [6, 6.07) is 3.80. The van der Waals surface area contributed by atoms with E-state index in [1.54, 1.807) is 6.92 Å². The van der Waals surface area contributed by atoms with Crippen LogP contribution in [0.25, 0.3) is 11.0 Å². The number of aromatic amines is 1. The normalized spacial score (nSPS) is 10.7. The van der Waals surface area contributed by atoms with Crippen LogP contribution in [0.1, 0.15) is 23.1 Å². The molecular formula is C11H11BrN2O2. The summed E-state index contributed by atoms with van der Waals surface area (Å²) in [4.78, 5) is 18.7. The average molecular weight is 283 g/mol. The van der Waals surface area contributed by atoms with Gasteiger partial charge in [-0.05, 0) is 31.5 Å². The van der Waals surface area contributed by atoms with Crippen LogP contribution in [0.4, 0.5) is 0 Å². The highest BCUT2D eigenvalue weighted by Gasteiger charge is 2.14. The number of benzene rings is 1. The number of hydrogen-bond donors (Lipinski definition) is 1. The molecule has 0 aliphatic heterocycles. The molecule has 5 heteroatoms. The van der Waals surface area contributed by atoms with Crippen molar-refractivity contribution in [2.75, 3.05) is 6.61 Å². The molecule has 84 valence electrons. The summed E-state index contributed by atoms with van der Waals surface area (Å²) in [6.45, 7) is 4.06. The molecule has 1 heterocycles. The second-order valence-corrected chi connectivity index (χ2v) is 4.23. The molecule has 0 aliphatic rings. The minimum atomic E-state index is -0.422. The third kappa shape index (κ3) is 1.82. The summed E-state index contributed by atoms with van der Waals surface area (Å²) in [6.07, 6.45) is 0. The SMILES string of the molecule is CCOC(=O)c1nc2c(C)c(Br)ccc2[nH]1. The molecular weight excluding hydrogens is 272 g/mol. The molecule has 2 rings (SSSR count). The number of nitrogens with one attached hydrogen (secondary N) is 1. The second-order valence-electron chi connectivity index (χ2n) is 3.37. The topological polar surface area (TPSA) is 55.0 Å². The van der Waals surface area contributed by atoms with Crippen molar-refractivity contribution in [3.8, 4) is 0 Å². The number of aryl methyl sites for hydroxylation is 1. The molecule has 4 nitrogen and oxygen atoms in total. The van der Waals surface area contributed by atoms with Crippen LogP contribution >= 0.6 is 15.9 Å². The molecule has 1 aromatic carbocycles. The van der Waals surface area contributed by atoms with Gasteiger partial charge in [0.1, 0.15) is 0 Å². The first kappa shape index (κ1) is 11.1. The first-order valence-electron chi connectivity index (χ1n) is 4.95. The summed E-state index contributed by atoms with van der Waals surface area (Å²) in [7, 11) is 0. The van der Waals surface area contributed by atoms with Gasteiger partial charge in [0.2, 0.25) is 5.82 Å². The molecule has 0 fully saturated rings. The van der Waals surface area contributed by atoms with Gasteiger partial charge in [-0.3, -0.25) is 0 Å². The average Bonchev–Trinajstić information content (AvgIpc) is 2.69. The summed E-state index contributed by atoms with van der Waals surface area (Å²) < 4.78 is 5.86. The molecule has 0 bridgehead atoms. The minimum absolute atomic E-state index is 0.248. The lowest BCUT2D eigenvalue weighted by Gasteiger charge is -1.96. The fourth-order valence-corrected chi connectivity index (χ4v) is 1.80. The first-order chi connectivity index (χ1) is 7.63. The molecule has 0 saturated carbocycles. The first-order valence-corrected chi connectivity index (χ1v) is 5.74. The van der Waals surface area contributed by atoms with E-state index in [2.05, 4.69) is 25.9 Å². The lowest BCUT2D eigenvalue weighted by atomic mass is 10.2. The van der Waals surface area contributed by atoms with Crippen molar-refractivity contribution < 1.29 is 9.53 Å². The van der Waals surface area contributed by atoms with Gasteiger partial charge in [0.25, 0.3) is 0 Å². The number of aromatic nitrogens is 2. The van der Waals surface area contributed by atoms with E-state index in [0.717, 1.165) is 21.1 Å². The standard InChI is InChI=1S/C11H11BrN2O2/c1-3-16-11(15)10-13-8-5-4-7(12)6(2)9(8)14-10/h4-5H,3H2,1-2H3,(H,13,14). The molecule has 0 unspecified atom stereocenters. The van der Waals surface area contributed by atoms with Crippen LogP contribution < -0.4 is 0 Å². The third-order valence-electron chi connectivity index (χ3n) is 2.31. The highest BCUT2D eigenvalue weighted by Crippen LogP contribution is 2.24. The number of nitrogens with zero attached hydrogens (tertiary/aromatic N) is 1. The Bertz CT molecular complexity index is 548. The molecule has 1 N–H and O–H groups in total. The van der Waals surface area contributed by atoms with Gasteiger partial charge in [-0.2, -0.15) is 0 Å². The minimum Gasteiger partial charge on any atom is -0.460 e. The number of H-pyrrole nitrogens is 1. The fraction of sp³-hybridized carbons (Fsp3) is 0.273. The van der Waals surface area contributed by atoms with Crippen molar-refractivity contribution in [3.63, 3.8) is 0 Å². The van der Waals surface area contributed by atoms with Gasteiger partial charge in [-0.15, -0.1) is 0 Å². The van der Waals surface area contributed by atoms with Crippen LogP contribution in [0.15, 0.2) is 16.6 Å². The van der Waals surface area contributed by atoms with Crippen LogP contribution in [-0.2, 0) is 4.74 Å². The highest BCUT2D eigenvalue weighted by atomic mass is 79.9. The van der Waals surface area contributed by atoms with Gasteiger partial charge in [0.05, 0.1) is 17.6 Å². The van der Waals surface area contributed by atoms with E-state index in [1.165, 1.54) is 0 Å². The summed E-state index contributed by atoms with van der Waals surface area (Å²) >= 11 is 3.42. The number of carbonyl (C=O) groups excluding carboxylic acids is 1. The van der Waals surface area contributed by atoms with Gasteiger partial charge in [-0.25, -0.2) is 9.78 Å². The third-order valence-corrected chi connectivity index (χ3v) is 3.17. The van der Waals surface area contributed by atoms with Crippen molar-refractivity contribution in [1.29, 1.82) is 0 Å². The van der Waals surface area contributed by atoms with Crippen LogP contribution in [0.3, 0.4) is 0 Å². The van der Waals surface area contributed by atoms with E-state index in [0.29, 0.717) is 6.61 Å². The molecule has 0 aliphatic carbocycles.